The largest absolute Gasteiger partial charge is 0.497 e. The monoisotopic (exact) mass is 328 g/mol. The van der Waals surface area contributed by atoms with Crippen molar-refractivity contribution in [1.82, 2.24) is 0 Å². The molecule has 0 N–H and O–H groups in total. The van der Waals surface area contributed by atoms with Gasteiger partial charge in [-0.2, -0.15) is 0 Å². The quantitative estimate of drug-likeness (QED) is 0.410. The first kappa shape index (κ1) is 19.1. The number of unbranched alkanes of at least 4 members (excludes halogenated alkanes) is 1. The Hall–Kier alpha value is -1.24. The molecule has 0 radical (unpaired) electrons. The summed E-state index contributed by atoms with van der Waals surface area (Å²) < 4.78 is 5.36. The molecule has 1 aliphatic rings. The molecule has 0 aromatic heterocycles. The fourth-order valence-electron chi connectivity index (χ4n) is 4.16. The predicted octanol–water partition coefficient (Wildman–Crippen LogP) is 7.28. The van der Waals surface area contributed by atoms with Crippen LogP contribution >= 0.6 is 0 Å². The third kappa shape index (κ3) is 5.69. The summed E-state index contributed by atoms with van der Waals surface area (Å²) in [5.41, 5.74) is 3.22. The van der Waals surface area contributed by atoms with Gasteiger partial charge in [0.1, 0.15) is 5.75 Å². The molecule has 2 rings (SSSR count). The highest BCUT2D eigenvalue weighted by atomic mass is 16.5. The minimum absolute atomic E-state index is 0.673. The van der Waals surface area contributed by atoms with E-state index in [1.54, 1.807) is 12.7 Å². The summed E-state index contributed by atoms with van der Waals surface area (Å²) in [7, 11) is 1.75. The molecule has 0 heterocycles. The molecule has 1 nitrogen and oxygen atoms in total. The second-order valence-electron chi connectivity index (χ2n) is 7.38. The number of methoxy groups -OCH3 is 1. The minimum Gasteiger partial charge on any atom is -0.497 e. The third-order valence-electron chi connectivity index (χ3n) is 5.57. The van der Waals surface area contributed by atoms with E-state index in [0.717, 1.165) is 11.7 Å². The van der Waals surface area contributed by atoms with Gasteiger partial charge in [-0.15, -0.1) is 0 Å². The Balaban J connectivity index is 2.21. The van der Waals surface area contributed by atoms with Crippen molar-refractivity contribution >= 4 is 0 Å². The lowest BCUT2D eigenvalue weighted by molar-refractivity contribution is 0.349. The van der Waals surface area contributed by atoms with Gasteiger partial charge in [-0.1, -0.05) is 63.3 Å². The van der Waals surface area contributed by atoms with Crippen LogP contribution in [0.3, 0.4) is 0 Å². The Morgan fingerprint density at radius 2 is 1.79 bits per heavy atom. The van der Waals surface area contributed by atoms with Gasteiger partial charge >= 0.3 is 0 Å². The van der Waals surface area contributed by atoms with Crippen molar-refractivity contribution in [2.75, 3.05) is 7.11 Å². The van der Waals surface area contributed by atoms with Crippen LogP contribution in [0.5, 0.6) is 5.75 Å². The van der Waals surface area contributed by atoms with Crippen molar-refractivity contribution in [3.05, 3.63) is 41.5 Å². The van der Waals surface area contributed by atoms with Crippen LogP contribution in [-0.2, 0) is 0 Å². The van der Waals surface area contributed by atoms with Crippen LogP contribution in [-0.4, -0.2) is 7.11 Å². The molecule has 2 unspecified atom stereocenters. The van der Waals surface area contributed by atoms with Gasteiger partial charge in [0, 0.05) is 0 Å². The van der Waals surface area contributed by atoms with E-state index in [2.05, 4.69) is 44.2 Å². The van der Waals surface area contributed by atoms with E-state index in [1.165, 1.54) is 69.8 Å². The maximum absolute atomic E-state index is 5.36. The molecule has 0 saturated heterocycles. The first-order chi connectivity index (χ1) is 11.8. The predicted molar refractivity (Wildman–Crippen MR) is 105 cm³/mol. The Kier molecular flexibility index (Phi) is 8.42. The molecule has 0 bridgehead atoms. The topological polar surface area (TPSA) is 9.23 Å². The lowest BCUT2D eigenvalue weighted by Gasteiger charge is -2.29. The molecule has 1 aliphatic carbocycles. The summed E-state index contributed by atoms with van der Waals surface area (Å²) in [6.07, 6.45) is 15.8. The maximum Gasteiger partial charge on any atom is 0.118 e. The molecule has 0 spiro atoms. The second-order valence-corrected chi connectivity index (χ2v) is 7.38. The van der Waals surface area contributed by atoms with E-state index in [0.29, 0.717) is 5.92 Å². The van der Waals surface area contributed by atoms with Crippen molar-refractivity contribution in [3.8, 4) is 5.75 Å². The summed E-state index contributed by atoms with van der Waals surface area (Å²) in [6, 6.07) is 8.89. The van der Waals surface area contributed by atoms with Crippen LogP contribution in [0, 0.1) is 5.92 Å². The highest BCUT2D eigenvalue weighted by Crippen LogP contribution is 2.39. The van der Waals surface area contributed by atoms with Crippen LogP contribution in [0.2, 0.25) is 0 Å². The van der Waals surface area contributed by atoms with Gasteiger partial charge in [-0.25, -0.2) is 0 Å². The van der Waals surface area contributed by atoms with E-state index in [4.69, 9.17) is 4.74 Å². The van der Waals surface area contributed by atoms with E-state index in [1.807, 2.05) is 0 Å². The molecule has 1 aromatic carbocycles. The Morgan fingerprint density at radius 3 is 2.38 bits per heavy atom. The SMILES string of the molecule is CCCCC(CCC)C(CC1=CCCCC1)c1ccc(OC)cc1. The Morgan fingerprint density at radius 1 is 1.00 bits per heavy atom. The molecular formula is C23H36O. The zero-order valence-corrected chi connectivity index (χ0v) is 16.0. The summed E-state index contributed by atoms with van der Waals surface area (Å²) in [4.78, 5) is 0. The van der Waals surface area contributed by atoms with E-state index >= 15 is 0 Å². The van der Waals surface area contributed by atoms with Gasteiger partial charge in [0.15, 0.2) is 0 Å². The molecular weight excluding hydrogens is 292 g/mol. The smallest absolute Gasteiger partial charge is 0.118 e. The molecule has 0 amide bonds. The van der Waals surface area contributed by atoms with Crippen LogP contribution in [0.1, 0.15) is 89.5 Å². The van der Waals surface area contributed by atoms with Crippen LogP contribution in [0.15, 0.2) is 35.9 Å². The van der Waals surface area contributed by atoms with Crippen LogP contribution in [0.25, 0.3) is 0 Å². The Labute approximate surface area is 149 Å². The summed E-state index contributed by atoms with van der Waals surface area (Å²) >= 11 is 0. The number of ether oxygens (including phenoxy) is 1. The number of hydrogen-bond acceptors (Lipinski definition) is 1. The number of benzene rings is 1. The summed E-state index contributed by atoms with van der Waals surface area (Å²) in [5.74, 6) is 2.45. The fourth-order valence-corrected chi connectivity index (χ4v) is 4.16. The highest BCUT2D eigenvalue weighted by molar-refractivity contribution is 5.31. The minimum atomic E-state index is 0.673. The van der Waals surface area contributed by atoms with Crippen LogP contribution < -0.4 is 4.74 Å². The van der Waals surface area contributed by atoms with Gasteiger partial charge in [0.05, 0.1) is 7.11 Å². The zero-order chi connectivity index (χ0) is 17.2. The van der Waals surface area contributed by atoms with E-state index in [9.17, 15) is 0 Å². The van der Waals surface area contributed by atoms with Crippen molar-refractivity contribution in [1.29, 1.82) is 0 Å². The molecule has 24 heavy (non-hydrogen) atoms. The average molecular weight is 329 g/mol. The summed E-state index contributed by atoms with van der Waals surface area (Å²) in [6.45, 7) is 4.65. The number of hydrogen-bond donors (Lipinski definition) is 0. The van der Waals surface area contributed by atoms with Gasteiger partial charge in [-0.05, 0) is 68.1 Å². The summed E-state index contributed by atoms with van der Waals surface area (Å²) in [5, 5.41) is 0. The van der Waals surface area contributed by atoms with Gasteiger partial charge in [-0.3, -0.25) is 0 Å². The molecule has 2 atom stereocenters. The molecule has 1 heteroatoms. The van der Waals surface area contributed by atoms with Crippen LogP contribution in [0.4, 0.5) is 0 Å². The van der Waals surface area contributed by atoms with Crippen molar-refractivity contribution in [3.63, 3.8) is 0 Å². The third-order valence-corrected chi connectivity index (χ3v) is 5.57. The van der Waals surface area contributed by atoms with Gasteiger partial charge in [0.2, 0.25) is 0 Å². The van der Waals surface area contributed by atoms with Crippen molar-refractivity contribution in [2.24, 2.45) is 5.92 Å². The first-order valence-corrected chi connectivity index (χ1v) is 10.1. The molecule has 0 fully saturated rings. The lowest BCUT2D eigenvalue weighted by Crippen LogP contribution is -2.15. The number of rotatable bonds is 10. The fraction of sp³-hybridized carbons (Fsp3) is 0.652. The molecule has 134 valence electrons. The highest BCUT2D eigenvalue weighted by Gasteiger charge is 2.24. The molecule has 1 aromatic rings. The average Bonchev–Trinajstić information content (AvgIpc) is 2.64. The molecule has 0 saturated carbocycles. The number of allylic oxidation sites excluding steroid dienone is 2. The van der Waals surface area contributed by atoms with E-state index < -0.39 is 0 Å². The van der Waals surface area contributed by atoms with Gasteiger partial charge < -0.3 is 4.74 Å². The normalized spacial score (nSPS) is 17.2. The van der Waals surface area contributed by atoms with Gasteiger partial charge in [0.25, 0.3) is 0 Å². The lowest BCUT2D eigenvalue weighted by atomic mass is 9.75. The second kappa shape index (κ2) is 10.6. The first-order valence-electron chi connectivity index (χ1n) is 10.1. The Bertz CT molecular complexity index is 485. The van der Waals surface area contributed by atoms with E-state index in [-0.39, 0.29) is 0 Å². The standard InChI is InChI=1S/C23H36O/c1-4-6-13-20(10-5-2)23(18-19-11-8-7-9-12-19)21-14-16-22(24-3)17-15-21/h11,14-17,20,23H,4-10,12-13,18H2,1-3H3. The zero-order valence-electron chi connectivity index (χ0n) is 16.0. The molecule has 0 aliphatic heterocycles. The van der Waals surface area contributed by atoms with Crippen molar-refractivity contribution in [2.45, 2.75) is 84.0 Å². The van der Waals surface area contributed by atoms with Crippen molar-refractivity contribution < 1.29 is 4.74 Å². The maximum atomic E-state index is 5.36.